The molecule has 0 saturated carbocycles. The van der Waals surface area contributed by atoms with Crippen LogP contribution in [0.5, 0.6) is 0 Å². The first-order chi connectivity index (χ1) is 10.1. The molecule has 0 fully saturated rings. The van der Waals surface area contributed by atoms with E-state index in [4.69, 9.17) is 4.74 Å². The number of methoxy groups -OCH3 is 1. The number of esters is 1. The van der Waals surface area contributed by atoms with E-state index >= 15 is 0 Å². The van der Waals surface area contributed by atoms with Crippen molar-refractivity contribution in [2.45, 2.75) is 13.8 Å². The number of hydrogen-bond donors (Lipinski definition) is 1. The van der Waals surface area contributed by atoms with Crippen molar-refractivity contribution in [3.63, 3.8) is 0 Å². The summed E-state index contributed by atoms with van der Waals surface area (Å²) in [5.74, 6) is -0.957. The Kier molecular flexibility index (Phi) is 7.29. The average Bonchev–Trinajstić information content (AvgIpc) is 2.42. The van der Waals surface area contributed by atoms with Crippen molar-refractivity contribution in [1.29, 1.82) is 0 Å². The SMILES string of the molecule is COC(=O)c1c(I)c(NC(C)=O)c(I)c(N(C)C(C)=O)c1I. The molecule has 0 radical (unpaired) electrons. The van der Waals surface area contributed by atoms with Gasteiger partial charge in [-0.05, 0) is 67.8 Å². The Balaban J connectivity index is 3.80. The summed E-state index contributed by atoms with van der Waals surface area (Å²) in [5, 5.41) is 2.72. The van der Waals surface area contributed by atoms with Crippen LogP contribution >= 0.6 is 67.8 Å². The number of hydrogen-bond acceptors (Lipinski definition) is 4. The Hall–Kier alpha value is -0.180. The summed E-state index contributed by atoms with van der Waals surface area (Å²) in [6, 6.07) is 0. The highest BCUT2D eigenvalue weighted by atomic mass is 127. The van der Waals surface area contributed by atoms with Crippen LogP contribution in [0.1, 0.15) is 24.2 Å². The van der Waals surface area contributed by atoms with Gasteiger partial charge < -0.3 is 15.0 Å². The molecule has 1 N–H and O–H groups in total. The Labute approximate surface area is 169 Å². The van der Waals surface area contributed by atoms with Crippen LogP contribution in [0.15, 0.2) is 0 Å². The van der Waals surface area contributed by atoms with Crippen molar-refractivity contribution in [3.05, 3.63) is 16.3 Å². The molecule has 0 saturated heterocycles. The van der Waals surface area contributed by atoms with Gasteiger partial charge in [0.25, 0.3) is 0 Å². The molecule has 0 heterocycles. The van der Waals surface area contributed by atoms with E-state index in [1.165, 1.54) is 25.9 Å². The van der Waals surface area contributed by atoms with Crippen LogP contribution in [0.2, 0.25) is 0 Å². The number of nitrogens with one attached hydrogen (secondary N) is 1. The van der Waals surface area contributed by atoms with Gasteiger partial charge in [-0.25, -0.2) is 4.79 Å². The van der Waals surface area contributed by atoms with E-state index in [2.05, 4.69) is 27.9 Å². The zero-order chi connectivity index (χ0) is 17.2. The summed E-state index contributed by atoms with van der Waals surface area (Å²) in [6.45, 7) is 2.82. The van der Waals surface area contributed by atoms with Crippen molar-refractivity contribution < 1.29 is 19.1 Å². The lowest BCUT2D eigenvalue weighted by atomic mass is 10.1. The lowest BCUT2D eigenvalue weighted by molar-refractivity contribution is -0.116. The van der Waals surface area contributed by atoms with Gasteiger partial charge in [0.05, 0.1) is 34.8 Å². The summed E-state index contributed by atoms with van der Waals surface area (Å²) >= 11 is 6.06. The molecule has 0 spiro atoms. The molecule has 0 atom stereocenters. The number of halogens is 3. The molecule has 0 aliphatic rings. The summed E-state index contributed by atoms with van der Waals surface area (Å²) in [4.78, 5) is 36.7. The smallest absolute Gasteiger partial charge is 0.340 e. The number of ether oxygens (including phenoxy) is 1. The Morgan fingerprint density at radius 3 is 2.00 bits per heavy atom. The van der Waals surface area contributed by atoms with Gasteiger partial charge in [-0.15, -0.1) is 0 Å². The van der Waals surface area contributed by atoms with E-state index in [-0.39, 0.29) is 11.8 Å². The first kappa shape index (κ1) is 19.9. The van der Waals surface area contributed by atoms with E-state index in [9.17, 15) is 14.4 Å². The van der Waals surface area contributed by atoms with E-state index in [1.807, 2.05) is 45.2 Å². The highest BCUT2D eigenvalue weighted by molar-refractivity contribution is 14.1. The molecule has 22 heavy (non-hydrogen) atoms. The molecule has 1 aromatic carbocycles. The number of carbonyl (C=O) groups is 3. The molecule has 2 amide bonds. The molecule has 0 aromatic heterocycles. The molecule has 1 aromatic rings. The zero-order valence-electron chi connectivity index (χ0n) is 12.2. The predicted octanol–water partition coefficient (Wildman–Crippen LogP) is 3.23. The predicted molar refractivity (Wildman–Crippen MR) is 109 cm³/mol. The molecule has 0 unspecified atom stereocenters. The summed E-state index contributed by atoms with van der Waals surface area (Å²) < 4.78 is 6.69. The van der Waals surface area contributed by atoms with Gasteiger partial charge in [0.1, 0.15) is 0 Å². The van der Waals surface area contributed by atoms with Crippen LogP contribution in [0.25, 0.3) is 0 Å². The lowest BCUT2D eigenvalue weighted by Crippen LogP contribution is -2.27. The molecule has 9 heteroatoms. The van der Waals surface area contributed by atoms with E-state index in [0.717, 1.165) is 0 Å². The van der Waals surface area contributed by atoms with Crippen LogP contribution < -0.4 is 10.2 Å². The standard InChI is InChI=1S/C13H13I3N2O4/c1-5(19)17-11-8(14)7(13(21)22-4)9(15)12(10(11)16)18(3)6(2)20/h1-4H3,(H,17,19). The van der Waals surface area contributed by atoms with Crippen molar-refractivity contribution in [2.24, 2.45) is 0 Å². The van der Waals surface area contributed by atoms with E-state index in [0.29, 0.717) is 27.6 Å². The highest BCUT2D eigenvalue weighted by Gasteiger charge is 2.28. The fourth-order valence-electron chi connectivity index (χ4n) is 1.67. The first-order valence-electron chi connectivity index (χ1n) is 5.94. The zero-order valence-corrected chi connectivity index (χ0v) is 18.7. The van der Waals surface area contributed by atoms with Crippen LogP contribution in [0, 0.1) is 10.7 Å². The molecule has 1 rings (SSSR count). The van der Waals surface area contributed by atoms with Gasteiger partial charge in [0, 0.05) is 20.9 Å². The maximum Gasteiger partial charge on any atom is 0.340 e. The number of rotatable bonds is 3. The van der Waals surface area contributed by atoms with Gasteiger partial charge in [-0.1, -0.05) is 0 Å². The van der Waals surface area contributed by atoms with Gasteiger partial charge >= 0.3 is 5.97 Å². The van der Waals surface area contributed by atoms with Crippen molar-refractivity contribution in [1.82, 2.24) is 0 Å². The summed E-state index contributed by atoms with van der Waals surface area (Å²) in [6.07, 6.45) is 0. The fourth-order valence-corrected chi connectivity index (χ4v) is 6.27. The minimum atomic E-state index is -0.519. The van der Waals surface area contributed by atoms with Gasteiger partial charge in [0.2, 0.25) is 11.8 Å². The first-order valence-corrected chi connectivity index (χ1v) is 9.17. The second-order valence-corrected chi connectivity index (χ2v) is 7.53. The second-order valence-electron chi connectivity index (χ2n) is 4.29. The monoisotopic (exact) mass is 642 g/mol. The molecule has 0 aliphatic carbocycles. The quantitative estimate of drug-likeness (QED) is 0.407. The number of carbonyl (C=O) groups excluding carboxylic acids is 3. The number of nitrogens with zero attached hydrogens (tertiary/aromatic N) is 1. The van der Waals surface area contributed by atoms with Crippen molar-refractivity contribution >= 4 is 96.9 Å². The molecule has 6 nitrogen and oxygen atoms in total. The third kappa shape index (κ3) is 4.01. The molecule has 120 valence electrons. The van der Waals surface area contributed by atoms with Gasteiger partial charge in [-0.3, -0.25) is 9.59 Å². The molecular weight excluding hydrogens is 629 g/mol. The Morgan fingerprint density at radius 1 is 1.05 bits per heavy atom. The summed E-state index contributed by atoms with van der Waals surface area (Å²) in [5.41, 5.74) is 1.40. The van der Waals surface area contributed by atoms with Crippen LogP contribution in [0.3, 0.4) is 0 Å². The highest BCUT2D eigenvalue weighted by Crippen LogP contribution is 2.40. The number of anilines is 2. The minimum absolute atomic E-state index is 0.179. The van der Waals surface area contributed by atoms with Crippen molar-refractivity contribution in [2.75, 3.05) is 24.4 Å². The normalized spacial score (nSPS) is 10.1. The topological polar surface area (TPSA) is 75.7 Å². The van der Waals surface area contributed by atoms with Crippen molar-refractivity contribution in [3.8, 4) is 0 Å². The Bertz CT molecular complexity index is 661. The Morgan fingerprint density at radius 2 is 1.59 bits per heavy atom. The maximum atomic E-state index is 12.1. The van der Waals surface area contributed by atoms with E-state index in [1.54, 1.807) is 7.05 Å². The van der Waals surface area contributed by atoms with Gasteiger partial charge in [0.15, 0.2) is 0 Å². The minimum Gasteiger partial charge on any atom is -0.465 e. The van der Waals surface area contributed by atoms with E-state index < -0.39 is 5.97 Å². The third-order valence-corrected chi connectivity index (χ3v) is 5.97. The largest absolute Gasteiger partial charge is 0.465 e. The summed E-state index contributed by atoms with van der Waals surface area (Å²) in [7, 11) is 2.91. The lowest BCUT2D eigenvalue weighted by Gasteiger charge is -2.24. The van der Waals surface area contributed by atoms with Gasteiger partial charge in [-0.2, -0.15) is 0 Å². The van der Waals surface area contributed by atoms with Crippen LogP contribution in [0.4, 0.5) is 11.4 Å². The second kappa shape index (κ2) is 8.08. The third-order valence-electron chi connectivity index (χ3n) is 2.79. The average molecular weight is 642 g/mol. The number of amides is 2. The maximum absolute atomic E-state index is 12.1. The molecule has 0 aliphatic heterocycles. The molecular formula is C13H13I3N2O4. The number of benzene rings is 1. The van der Waals surface area contributed by atoms with Crippen LogP contribution in [-0.4, -0.2) is 31.9 Å². The fraction of sp³-hybridized carbons (Fsp3) is 0.308. The van der Waals surface area contributed by atoms with Crippen LogP contribution in [-0.2, 0) is 14.3 Å². The molecule has 0 bridgehead atoms.